The molecule has 0 unspecified atom stereocenters. The zero-order chi connectivity index (χ0) is 21.7. The Morgan fingerprint density at radius 3 is 2.63 bits per heavy atom. The van der Waals surface area contributed by atoms with E-state index in [-0.39, 0.29) is 6.54 Å². The number of hydrogen-bond donors (Lipinski definition) is 1. The van der Waals surface area contributed by atoms with Gasteiger partial charge in [0.05, 0.1) is 15.7 Å². The highest BCUT2D eigenvalue weighted by atomic mass is 79.9. The molecule has 158 valence electrons. The summed E-state index contributed by atoms with van der Waals surface area (Å²) in [6.45, 7) is 6.16. The predicted molar refractivity (Wildman–Crippen MR) is 125 cm³/mol. The molecule has 3 rings (SSSR count). The third-order valence-corrected chi connectivity index (χ3v) is 5.25. The lowest BCUT2D eigenvalue weighted by Gasteiger charge is -2.28. The van der Waals surface area contributed by atoms with Gasteiger partial charge in [-0.3, -0.25) is 4.90 Å². The van der Waals surface area contributed by atoms with Gasteiger partial charge < -0.3 is 14.5 Å². The summed E-state index contributed by atoms with van der Waals surface area (Å²) in [5.74, 6) is 0.639. The van der Waals surface area contributed by atoms with Crippen molar-refractivity contribution >= 4 is 50.2 Å². The summed E-state index contributed by atoms with van der Waals surface area (Å²) in [5, 5.41) is 0.902. The number of fused-ring (bicyclic) bond motifs is 1. The van der Waals surface area contributed by atoms with Crippen molar-refractivity contribution < 1.29 is 14.3 Å². The highest BCUT2D eigenvalue weighted by molar-refractivity contribution is 9.10. The average molecular weight is 492 g/mol. The number of anilines is 1. The molecule has 0 saturated carbocycles. The Kier molecular flexibility index (Phi) is 7.10. The molecule has 0 radical (unpaired) electrons. The number of nitrogens with zero attached hydrogens (tertiary/aromatic N) is 1. The molecule has 5 nitrogen and oxygen atoms in total. The van der Waals surface area contributed by atoms with E-state index in [4.69, 9.17) is 21.1 Å². The van der Waals surface area contributed by atoms with Crippen LogP contribution in [0.5, 0.6) is 5.75 Å². The molecule has 7 heteroatoms. The summed E-state index contributed by atoms with van der Waals surface area (Å²) in [6.07, 6.45) is 3.05. The minimum Gasteiger partial charge on any atom is -0.487 e. The number of ether oxygens (including phenoxy) is 2. The largest absolute Gasteiger partial charge is 0.487 e. The Labute approximate surface area is 189 Å². The van der Waals surface area contributed by atoms with Gasteiger partial charge in [0.15, 0.2) is 0 Å². The van der Waals surface area contributed by atoms with Crippen molar-refractivity contribution in [2.45, 2.75) is 33.0 Å². The Morgan fingerprint density at radius 2 is 1.97 bits per heavy atom. The lowest BCUT2D eigenvalue weighted by molar-refractivity contribution is 0.0584. The number of aromatic amines is 1. The summed E-state index contributed by atoms with van der Waals surface area (Å²) in [4.78, 5) is 17.7. The molecule has 1 N–H and O–H groups in total. The van der Waals surface area contributed by atoms with Crippen molar-refractivity contribution in [3.8, 4) is 5.75 Å². The molecule has 1 aromatic heterocycles. The second kappa shape index (κ2) is 9.58. The van der Waals surface area contributed by atoms with Crippen LogP contribution in [0.4, 0.5) is 10.5 Å². The Morgan fingerprint density at radius 1 is 1.23 bits per heavy atom. The maximum Gasteiger partial charge on any atom is 0.415 e. The molecule has 3 aromatic rings. The number of benzene rings is 2. The van der Waals surface area contributed by atoms with Gasteiger partial charge >= 0.3 is 6.09 Å². The van der Waals surface area contributed by atoms with Crippen molar-refractivity contribution in [2.24, 2.45) is 0 Å². The molecule has 0 atom stereocenters. The van der Waals surface area contributed by atoms with E-state index in [0.717, 1.165) is 20.9 Å². The normalized spacial score (nSPS) is 11.8. The van der Waals surface area contributed by atoms with Gasteiger partial charge in [0, 0.05) is 29.7 Å². The van der Waals surface area contributed by atoms with Gasteiger partial charge in [-0.1, -0.05) is 48.0 Å². The van der Waals surface area contributed by atoms with Crippen LogP contribution in [0.2, 0.25) is 0 Å². The number of hydrogen-bond acceptors (Lipinski definition) is 3. The van der Waals surface area contributed by atoms with Crippen LogP contribution < -0.4 is 9.64 Å². The first-order valence-electron chi connectivity index (χ1n) is 9.52. The maximum absolute atomic E-state index is 12.9. The molecule has 0 spiro atoms. The first kappa shape index (κ1) is 22.2. The Bertz CT molecular complexity index is 1040. The predicted octanol–water partition coefficient (Wildman–Crippen LogP) is 7.00. The van der Waals surface area contributed by atoms with Crippen LogP contribution >= 0.6 is 27.5 Å². The summed E-state index contributed by atoms with van der Waals surface area (Å²) >= 11 is 9.39. The number of halogens is 2. The van der Waals surface area contributed by atoms with E-state index in [2.05, 4.69) is 20.9 Å². The monoisotopic (exact) mass is 490 g/mol. The third-order valence-electron chi connectivity index (χ3n) is 4.24. The van der Waals surface area contributed by atoms with Crippen LogP contribution in [0.1, 0.15) is 26.3 Å². The Balaban J connectivity index is 2.01. The van der Waals surface area contributed by atoms with E-state index in [9.17, 15) is 4.79 Å². The quantitative estimate of drug-likeness (QED) is 0.404. The Hall–Kier alpha value is -2.44. The second-order valence-electron chi connectivity index (χ2n) is 7.70. The van der Waals surface area contributed by atoms with Crippen LogP contribution in [0.25, 0.3) is 10.9 Å². The lowest BCUT2D eigenvalue weighted by Crippen LogP contribution is -2.37. The molecule has 1 amide bonds. The highest BCUT2D eigenvalue weighted by Crippen LogP contribution is 2.40. The minimum atomic E-state index is -0.628. The maximum atomic E-state index is 12.9. The number of rotatable bonds is 6. The van der Waals surface area contributed by atoms with E-state index >= 15 is 0 Å². The van der Waals surface area contributed by atoms with Gasteiger partial charge in [0.25, 0.3) is 0 Å². The molecule has 0 fully saturated rings. The van der Waals surface area contributed by atoms with Gasteiger partial charge in [-0.15, -0.1) is 0 Å². The fraction of sp³-hybridized carbons (Fsp3) is 0.261. The fourth-order valence-electron chi connectivity index (χ4n) is 2.93. The van der Waals surface area contributed by atoms with Gasteiger partial charge in [-0.05, 0) is 48.3 Å². The summed E-state index contributed by atoms with van der Waals surface area (Å²) in [5.41, 5.74) is 3.29. The first-order chi connectivity index (χ1) is 14.3. The molecule has 0 aliphatic rings. The summed E-state index contributed by atoms with van der Waals surface area (Å²) in [7, 11) is 0. The van der Waals surface area contributed by atoms with Crippen molar-refractivity contribution in [3.63, 3.8) is 0 Å². The van der Waals surface area contributed by atoms with Crippen LogP contribution in [0.3, 0.4) is 0 Å². The molecule has 0 bridgehead atoms. The zero-order valence-corrected chi connectivity index (χ0v) is 19.5. The standard InChI is InChI=1S/C23H24BrClN2O3/c1-23(2,3)30-22(28)27(13-7-11-25)18-14-19(21-17(20(18)24)10-12-26-21)29-15-16-8-5-4-6-9-16/h4-12,14,26H,13,15H2,1-3H3/b11-7+. The van der Waals surface area contributed by atoms with Crippen molar-refractivity contribution in [2.75, 3.05) is 11.4 Å². The molecule has 0 saturated heterocycles. The van der Waals surface area contributed by atoms with Gasteiger partial charge in [-0.25, -0.2) is 4.79 Å². The molecule has 30 heavy (non-hydrogen) atoms. The van der Waals surface area contributed by atoms with Crippen LogP contribution in [-0.2, 0) is 11.3 Å². The summed E-state index contributed by atoms with van der Waals surface area (Å²) in [6, 6.07) is 13.7. The number of amides is 1. The first-order valence-corrected chi connectivity index (χ1v) is 10.7. The van der Waals surface area contributed by atoms with Crippen LogP contribution in [0, 0.1) is 0 Å². The van der Waals surface area contributed by atoms with Crippen LogP contribution in [0.15, 0.2) is 64.7 Å². The summed E-state index contributed by atoms with van der Waals surface area (Å²) < 4.78 is 12.5. The number of nitrogens with one attached hydrogen (secondary N) is 1. The zero-order valence-electron chi connectivity index (χ0n) is 17.1. The smallest absolute Gasteiger partial charge is 0.415 e. The number of aromatic nitrogens is 1. The number of H-pyrrole nitrogens is 1. The van der Waals surface area contributed by atoms with Gasteiger partial charge in [0.2, 0.25) is 0 Å². The van der Waals surface area contributed by atoms with E-state index < -0.39 is 11.7 Å². The van der Waals surface area contributed by atoms with Crippen molar-refractivity contribution in [1.82, 2.24) is 4.98 Å². The van der Waals surface area contributed by atoms with E-state index in [1.807, 2.05) is 69.4 Å². The second-order valence-corrected chi connectivity index (χ2v) is 8.75. The average Bonchev–Trinajstić information content (AvgIpc) is 3.19. The van der Waals surface area contributed by atoms with Gasteiger partial charge in [-0.2, -0.15) is 0 Å². The molecular weight excluding hydrogens is 468 g/mol. The van der Waals surface area contributed by atoms with E-state index in [1.54, 1.807) is 6.08 Å². The third kappa shape index (κ3) is 5.37. The molecule has 2 aromatic carbocycles. The highest BCUT2D eigenvalue weighted by Gasteiger charge is 2.26. The number of carbonyl (C=O) groups is 1. The molecule has 0 aliphatic heterocycles. The fourth-order valence-corrected chi connectivity index (χ4v) is 3.67. The van der Waals surface area contributed by atoms with Gasteiger partial charge in [0.1, 0.15) is 18.0 Å². The molecular formula is C23H24BrClN2O3. The molecule has 0 aliphatic carbocycles. The van der Waals surface area contributed by atoms with Crippen molar-refractivity contribution in [1.29, 1.82) is 0 Å². The van der Waals surface area contributed by atoms with Crippen molar-refractivity contribution in [3.05, 3.63) is 70.3 Å². The van der Waals surface area contributed by atoms with Crippen LogP contribution in [-0.4, -0.2) is 23.2 Å². The lowest BCUT2D eigenvalue weighted by atomic mass is 10.2. The van der Waals surface area contributed by atoms with E-state index in [0.29, 0.717) is 18.0 Å². The van der Waals surface area contributed by atoms with E-state index in [1.165, 1.54) is 10.4 Å². The SMILES string of the molecule is CC(C)(C)OC(=O)N(C/C=C/Cl)c1cc(OCc2ccccc2)c2[nH]ccc2c1Br. The minimum absolute atomic E-state index is 0.255. The topological polar surface area (TPSA) is 54.6 Å². The number of carbonyl (C=O) groups excluding carboxylic acids is 1. The molecule has 1 heterocycles.